The highest BCUT2D eigenvalue weighted by Crippen LogP contribution is 2.22. The van der Waals surface area contributed by atoms with Gasteiger partial charge in [-0.1, -0.05) is 19.3 Å². The molecule has 0 bridgehead atoms. The zero-order valence-electron chi connectivity index (χ0n) is 9.14. The number of rotatable bonds is 5. The third-order valence-corrected chi connectivity index (χ3v) is 2.83. The van der Waals surface area contributed by atoms with Crippen molar-refractivity contribution < 1.29 is 4.79 Å². The van der Waals surface area contributed by atoms with Crippen LogP contribution in [0.5, 0.6) is 0 Å². The van der Waals surface area contributed by atoms with Crippen molar-refractivity contribution in [1.29, 1.82) is 0 Å². The lowest BCUT2D eigenvalue weighted by molar-refractivity contribution is -0.118. The highest BCUT2D eigenvalue weighted by Gasteiger charge is 2.11. The number of carbonyl (C=O) groups excluding carboxylic acids is 1. The molecule has 0 aromatic carbocycles. The van der Waals surface area contributed by atoms with Crippen molar-refractivity contribution >= 4 is 5.91 Å². The van der Waals surface area contributed by atoms with Crippen molar-refractivity contribution in [2.45, 2.75) is 39.0 Å². The first-order valence-electron chi connectivity index (χ1n) is 5.74. The van der Waals surface area contributed by atoms with E-state index in [9.17, 15) is 4.79 Å². The fraction of sp³-hybridized carbons (Fsp3) is 0.909. The van der Waals surface area contributed by atoms with E-state index in [2.05, 4.69) is 10.6 Å². The largest absolute Gasteiger partial charge is 0.355 e. The summed E-state index contributed by atoms with van der Waals surface area (Å²) in [6.45, 7) is 4.33. The molecule has 0 aromatic heterocycles. The summed E-state index contributed by atoms with van der Waals surface area (Å²) >= 11 is 0. The Morgan fingerprint density at radius 1 is 1.21 bits per heavy atom. The molecule has 0 spiro atoms. The van der Waals surface area contributed by atoms with Crippen molar-refractivity contribution in [2.75, 3.05) is 19.6 Å². The lowest BCUT2D eigenvalue weighted by atomic mass is 9.89. The first-order valence-corrected chi connectivity index (χ1v) is 5.74. The molecule has 0 aromatic rings. The van der Waals surface area contributed by atoms with Crippen LogP contribution in [0.1, 0.15) is 39.0 Å². The summed E-state index contributed by atoms with van der Waals surface area (Å²) in [6, 6.07) is 0. The summed E-state index contributed by atoms with van der Waals surface area (Å²) in [4.78, 5) is 10.6. The van der Waals surface area contributed by atoms with Crippen LogP contribution < -0.4 is 10.6 Å². The van der Waals surface area contributed by atoms with E-state index in [1.807, 2.05) is 0 Å². The number of hydrogen-bond acceptors (Lipinski definition) is 2. The van der Waals surface area contributed by atoms with Crippen LogP contribution in [0.4, 0.5) is 0 Å². The van der Waals surface area contributed by atoms with E-state index in [-0.39, 0.29) is 5.91 Å². The van der Waals surface area contributed by atoms with Gasteiger partial charge < -0.3 is 10.6 Å². The Balaban J connectivity index is 1.90. The molecule has 0 unspecified atom stereocenters. The molecule has 2 N–H and O–H groups in total. The van der Waals surface area contributed by atoms with Gasteiger partial charge in [0.25, 0.3) is 0 Å². The van der Waals surface area contributed by atoms with E-state index in [4.69, 9.17) is 0 Å². The SMILES string of the molecule is CC(=O)NCCNCC1CCCCC1. The summed E-state index contributed by atoms with van der Waals surface area (Å²) in [6.07, 6.45) is 6.98. The topological polar surface area (TPSA) is 41.1 Å². The van der Waals surface area contributed by atoms with Crippen LogP contribution in [-0.2, 0) is 4.79 Å². The van der Waals surface area contributed by atoms with Gasteiger partial charge in [-0.2, -0.15) is 0 Å². The van der Waals surface area contributed by atoms with Gasteiger partial charge in [0.15, 0.2) is 0 Å². The molecule has 1 aliphatic rings. The van der Waals surface area contributed by atoms with E-state index in [0.29, 0.717) is 0 Å². The van der Waals surface area contributed by atoms with E-state index in [1.54, 1.807) is 6.92 Å². The minimum atomic E-state index is 0.0597. The fourth-order valence-corrected chi connectivity index (χ4v) is 2.02. The Morgan fingerprint density at radius 2 is 1.93 bits per heavy atom. The van der Waals surface area contributed by atoms with Gasteiger partial charge in [-0.05, 0) is 25.3 Å². The summed E-state index contributed by atoms with van der Waals surface area (Å²) in [5.41, 5.74) is 0. The molecule has 0 radical (unpaired) electrons. The van der Waals surface area contributed by atoms with Gasteiger partial charge >= 0.3 is 0 Å². The van der Waals surface area contributed by atoms with Crippen LogP contribution in [0, 0.1) is 5.92 Å². The van der Waals surface area contributed by atoms with Crippen LogP contribution in [0.2, 0.25) is 0 Å². The molecule has 0 aliphatic heterocycles. The van der Waals surface area contributed by atoms with Crippen LogP contribution in [0.3, 0.4) is 0 Å². The molecule has 1 fully saturated rings. The highest BCUT2D eigenvalue weighted by atomic mass is 16.1. The zero-order valence-corrected chi connectivity index (χ0v) is 9.14. The van der Waals surface area contributed by atoms with Crippen molar-refractivity contribution in [3.05, 3.63) is 0 Å². The summed E-state index contributed by atoms with van der Waals surface area (Å²) in [5, 5.41) is 6.18. The Kier molecular flexibility index (Phi) is 5.60. The lowest BCUT2D eigenvalue weighted by Crippen LogP contribution is -2.33. The van der Waals surface area contributed by atoms with Gasteiger partial charge in [0.2, 0.25) is 5.91 Å². The predicted molar refractivity (Wildman–Crippen MR) is 58.1 cm³/mol. The van der Waals surface area contributed by atoms with Crippen molar-refractivity contribution in [3.8, 4) is 0 Å². The summed E-state index contributed by atoms with van der Waals surface area (Å²) < 4.78 is 0. The number of hydrogen-bond donors (Lipinski definition) is 2. The smallest absolute Gasteiger partial charge is 0.216 e. The van der Waals surface area contributed by atoms with Gasteiger partial charge in [0, 0.05) is 20.0 Å². The van der Waals surface area contributed by atoms with Crippen LogP contribution in [0.15, 0.2) is 0 Å². The van der Waals surface area contributed by atoms with Gasteiger partial charge in [0.05, 0.1) is 0 Å². The summed E-state index contributed by atoms with van der Waals surface area (Å²) in [7, 11) is 0. The van der Waals surface area contributed by atoms with E-state index >= 15 is 0 Å². The quantitative estimate of drug-likeness (QED) is 0.654. The minimum Gasteiger partial charge on any atom is -0.355 e. The minimum absolute atomic E-state index is 0.0597. The second kappa shape index (κ2) is 6.82. The number of carbonyl (C=O) groups is 1. The molecule has 0 saturated heterocycles. The standard InChI is InChI=1S/C11H22N2O/c1-10(14)13-8-7-12-9-11-5-3-2-4-6-11/h11-12H,2-9H2,1H3,(H,13,14). The molecule has 0 heterocycles. The van der Waals surface area contributed by atoms with E-state index in [0.717, 1.165) is 25.6 Å². The second-order valence-corrected chi connectivity index (χ2v) is 4.19. The average Bonchev–Trinajstić information content (AvgIpc) is 2.18. The zero-order chi connectivity index (χ0) is 10.2. The van der Waals surface area contributed by atoms with Gasteiger partial charge in [0.1, 0.15) is 0 Å². The van der Waals surface area contributed by atoms with Crippen LogP contribution in [-0.4, -0.2) is 25.5 Å². The fourth-order valence-electron chi connectivity index (χ4n) is 2.02. The third-order valence-electron chi connectivity index (χ3n) is 2.83. The van der Waals surface area contributed by atoms with Crippen molar-refractivity contribution in [3.63, 3.8) is 0 Å². The summed E-state index contributed by atoms with van der Waals surface area (Å²) in [5.74, 6) is 0.936. The average molecular weight is 198 g/mol. The molecular formula is C11H22N2O. The lowest BCUT2D eigenvalue weighted by Gasteiger charge is -2.21. The molecule has 1 rings (SSSR count). The van der Waals surface area contributed by atoms with Crippen LogP contribution >= 0.6 is 0 Å². The molecule has 1 amide bonds. The van der Waals surface area contributed by atoms with E-state index < -0.39 is 0 Å². The second-order valence-electron chi connectivity index (χ2n) is 4.19. The monoisotopic (exact) mass is 198 g/mol. The normalized spacial score (nSPS) is 18.1. The third kappa shape index (κ3) is 5.22. The molecule has 0 atom stereocenters. The Morgan fingerprint density at radius 3 is 2.57 bits per heavy atom. The Bertz CT molecular complexity index is 165. The maximum atomic E-state index is 10.6. The molecular weight excluding hydrogens is 176 g/mol. The van der Waals surface area contributed by atoms with Crippen molar-refractivity contribution in [1.82, 2.24) is 10.6 Å². The molecule has 1 saturated carbocycles. The molecule has 3 heteroatoms. The first-order chi connectivity index (χ1) is 6.79. The van der Waals surface area contributed by atoms with Gasteiger partial charge in [-0.15, -0.1) is 0 Å². The molecule has 1 aliphatic carbocycles. The Hall–Kier alpha value is -0.570. The van der Waals surface area contributed by atoms with Gasteiger partial charge in [-0.25, -0.2) is 0 Å². The van der Waals surface area contributed by atoms with Crippen LogP contribution in [0.25, 0.3) is 0 Å². The number of amides is 1. The molecule has 14 heavy (non-hydrogen) atoms. The predicted octanol–water partition coefficient (Wildman–Crippen LogP) is 1.29. The van der Waals surface area contributed by atoms with E-state index in [1.165, 1.54) is 32.1 Å². The molecule has 82 valence electrons. The Labute approximate surface area is 86.6 Å². The maximum Gasteiger partial charge on any atom is 0.216 e. The van der Waals surface area contributed by atoms with Crippen molar-refractivity contribution in [2.24, 2.45) is 5.92 Å². The highest BCUT2D eigenvalue weighted by molar-refractivity contribution is 5.72. The molecule has 3 nitrogen and oxygen atoms in total. The number of nitrogens with one attached hydrogen (secondary N) is 2. The maximum absolute atomic E-state index is 10.6. The first kappa shape index (κ1) is 11.5. The van der Waals surface area contributed by atoms with Gasteiger partial charge in [-0.3, -0.25) is 4.79 Å².